The molecule has 1 heterocycles. The molecule has 0 amide bonds. The van der Waals surface area contributed by atoms with Crippen molar-refractivity contribution in [2.24, 2.45) is 4.99 Å². The molecule has 106 valence electrons. The lowest BCUT2D eigenvalue weighted by atomic mass is 10.2. The molecule has 18 heavy (non-hydrogen) atoms. The number of nitrogens with zero attached hydrogens (tertiary/aromatic N) is 2. The Morgan fingerprint density at radius 3 is 2.67 bits per heavy atom. The summed E-state index contributed by atoms with van der Waals surface area (Å²) in [4.78, 5) is 6.81. The van der Waals surface area contributed by atoms with Gasteiger partial charge in [0.15, 0.2) is 5.96 Å². The van der Waals surface area contributed by atoms with Gasteiger partial charge in [-0.05, 0) is 34.0 Å². The predicted octanol–water partition coefficient (Wildman–Crippen LogP) is 2.53. The molecule has 0 atom stereocenters. The quantitative estimate of drug-likeness (QED) is 0.638. The number of thioether (sulfide) groups is 2. The van der Waals surface area contributed by atoms with Crippen molar-refractivity contribution in [3.8, 4) is 0 Å². The third-order valence-electron chi connectivity index (χ3n) is 3.16. The lowest BCUT2D eigenvalue weighted by Crippen LogP contribution is -2.52. The van der Waals surface area contributed by atoms with Gasteiger partial charge in [-0.25, -0.2) is 0 Å². The van der Waals surface area contributed by atoms with Crippen LogP contribution >= 0.6 is 23.5 Å². The summed E-state index contributed by atoms with van der Waals surface area (Å²) < 4.78 is 0.570. The molecule has 0 spiro atoms. The highest BCUT2D eigenvalue weighted by Crippen LogP contribution is 2.29. The molecule has 1 fully saturated rings. The van der Waals surface area contributed by atoms with E-state index in [1.165, 1.54) is 5.75 Å². The summed E-state index contributed by atoms with van der Waals surface area (Å²) in [6, 6.07) is 0. The summed E-state index contributed by atoms with van der Waals surface area (Å²) in [5.74, 6) is 2.23. The van der Waals surface area contributed by atoms with E-state index in [0.29, 0.717) is 4.75 Å². The molecular weight excluding hydrogens is 262 g/mol. The van der Waals surface area contributed by atoms with Crippen LogP contribution in [0.1, 0.15) is 27.7 Å². The van der Waals surface area contributed by atoms with E-state index in [1.54, 1.807) is 0 Å². The zero-order valence-electron chi connectivity index (χ0n) is 12.5. The molecule has 0 saturated carbocycles. The molecular formula is C13H27N3S2. The summed E-state index contributed by atoms with van der Waals surface area (Å²) in [7, 11) is 1.88. The predicted molar refractivity (Wildman–Crippen MR) is 87.1 cm³/mol. The number of hydrogen-bond donors (Lipinski definition) is 1. The van der Waals surface area contributed by atoms with Gasteiger partial charge in [-0.1, -0.05) is 0 Å². The van der Waals surface area contributed by atoms with Gasteiger partial charge in [0.25, 0.3) is 0 Å². The monoisotopic (exact) mass is 289 g/mol. The van der Waals surface area contributed by atoms with Crippen LogP contribution in [-0.4, -0.2) is 59.0 Å². The molecule has 0 aromatic rings. The topological polar surface area (TPSA) is 27.6 Å². The van der Waals surface area contributed by atoms with Crippen molar-refractivity contribution < 1.29 is 0 Å². The first-order valence-corrected chi connectivity index (χ1v) is 8.65. The minimum Gasteiger partial charge on any atom is -0.355 e. The van der Waals surface area contributed by atoms with Gasteiger partial charge >= 0.3 is 0 Å². The number of hydrogen-bond acceptors (Lipinski definition) is 3. The minimum atomic E-state index is 0.246. The molecule has 1 aliphatic heterocycles. The Kier molecular flexibility index (Phi) is 5.71. The van der Waals surface area contributed by atoms with Crippen LogP contribution in [0.2, 0.25) is 0 Å². The second-order valence-corrected chi connectivity index (χ2v) is 9.21. The Morgan fingerprint density at radius 2 is 2.17 bits per heavy atom. The molecule has 1 aliphatic rings. The standard InChI is InChI=1S/C13H27N3S2/c1-12(2,17-6)9-15-11(14-5)16-7-8-18-13(3,4)10-16/h7-10H2,1-6H3,(H,14,15). The van der Waals surface area contributed by atoms with E-state index >= 15 is 0 Å². The summed E-state index contributed by atoms with van der Waals surface area (Å²) in [6.45, 7) is 12.2. The highest BCUT2D eigenvalue weighted by Gasteiger charge is 2.29. The molecule has 3 nitrogen and oxygen atoms in total. The number of nitrogens with one attached hydrogen (secondary N) is 1. The fourth-order valence-electron chi connectivity index (χ4n) is 1.89. The van der Waals surface area contributed by atoms with Crippen LogP contribution in [0.15, 0.2) is 4.99 Å². The van der Waals surface area contributed by atoms with Crippen LogP contribution in [0.5, 0.6) is 0 Å². The maximum Gasteiger partial charge on any atom is 0.193 e. The van der Waals surface area contributed by atoms with Crippen molar-refractivity contribution in [3.63, 3.8) is 0 Å². The Hall–Kier alpha value is -0.0300. The number of guanidine groups is 1. The summed E-state index contributed by atoms with van der Waals surface area (Å²) in [5, 5.41) is 3.51. The van der Waals surface area contributed by atoms with Crippen molar-refractivity contribution >= 4 is 29.5 Å². The van der Waals surface area contributed by atoms with Gasteiger partial charge in [-0.15, -0.1) is 0 Å². The van der Waals surface area contributed by atoms with Gasteiger partial charge in [0.1, 0.15) is 0 Å². The van der Waals surface area contributed by atoms with E-state index in [2.05, 4.69) is 60.9 Å². The fourth-order valence-corrected chi connectivity index (χ4v) is 3.22. The molecule has 1 rings (SSSR count). The lowest BCUT2D eigenvalue weighted by molar-refractivity contribution is 0.374. The van der Waals surface area contributed by atoms with E-state index in [1.807, 2.05) is 18.8 Å². The molecule has 5 heteroatoms. The third kappa shape index (κ3) is 4.92. The average Bonchev–Trinajstić information content (AvgIpc) is 2.28. The Morgan fingerprint density at radius 1 is 1.50 bits per heavy atom. The highest BCUT2D eigenvalue weighted by atomic mass is 32.2. The second-order valence-electron chi connectivity index (χ2n) is 5.89. The van der Waals surface area contributed by atoms with Crippen molar-refractivity contribution in [3.05, 3.63) is 0 Å². The molecule has 1 N–H and O–H groups in total. The Labute approximate surface area is 121 Å². The van der Waals surface area contributed by atoms with Gasteiger partial charge in [-0.2, -0.15) is 23.5 Å². The van der Waals surface area contributed by atoms with Crippen LogP contribution in [0, 0.1) is 0 Å². The zero-order valence-corrected chi connectivity index (χ0v) is 14.2. The van der Waals surface area contributed by atoms with Crippen LogP contribution in [-0.2, 0) is 0 Å². The zero-order chi connectivity index (χ0) is 13.8. The normalized spacial score (nSPS) is 21.0. The van der Waals surface area contributed by atoms with Gasteiger partial charge in [-0.3, -0.25) is 4.99 Å². The maximum absolute atomic E-state index is 4.43. The lowest BCUT2D eigenvalue weighted by Gasteiger charge is -2.39. The van der Waals surface area contributed by atoms with E-state index in [-0.39, 0.29) is 4.75 Å². The SMILES string of the molecule is CN=C(NCC(C)(C)SC)N1CCSC(C)(C)C1. The van der Waals surface area contributed by atoms with Crippen molar-refractivity contribution in [2.45, 2.75) is 37.2 Å². The van der Waals surface area contributed by atoms with E-state index in [4.69, 9.17) is 0 Å². The molecule has 0 aromatic carbocycles. The number of rotatable bonds is 3. The van der Waals surface area contributed by atoms with Crippen LogP contribution in [0.3, 0.4) is 0 Å². The average molecular weight is 290 g/mol. The largest absolute Gasteiger partial charge is 0.355 e. The molecule has 0 aliphatic carbocycles. The molecule has 1 saturated heterocycles. The Bertz CT molecular complexity index is 301. The van der Waals surface area contributed by atoms with Gasteiger partial charge in [0.2, 0.25) is 0 Å². The van der Waals surface area contributed by atoms with Crippen LogP contribution in [0.25, 0.3) is 0 Å². The fraction of sp³-hybridized carbons (Fsp3) is 0.923. The minimum absolute atomic E-state index is 0.246. The van der Waals surface area contributed by atoms with Crippen LogP contribution in [0.4, 0.5) is 0 Å². The first kappa shape index (κ1) is 16.0. The van der Waals surface area contributed by atoms with Crippen molar-refractivity contribution in [1.29, 1.82) is 0 Å². The van der Waals surface area contributed by atoms with E-state index in [9.17, 15) is 0 Å². The maximum atomic E-state index is 4.43. The molecule has 0 radical (unpaired) electrons. The van der Waals surface area contributed by atoms with Crippen molar-refractivity contribution in [1.82, 2.24) is 10.2 Å². The summed E-state index contributed by atoms with van der Waals surface area (Å²) >= 11 is 3.94. The second kappa shape index (κ2) is 6.42. The van der Waals surface area contributed by atoms with Gasteiger partial charge < -0.3 is 10.2 Å². The highest BCUT2D eigenvalue weighted by molar-refractivity contribution is 8.00. The Balaban J connectivity index is 2.57. The smallest absolute Gasteiger partial charge is 0.193 e. The van der Waals surface area contributed by atoms with Crippen molar-refractivity contribution in [2.75, 3.05) is 38.7 Å². The van der Waals surface area contributed by atoms with E-state index in [0.717, 1.165) is 25.6 Å². The van der Waals surface area contributed by atoms with Gasteiger partial charge in [0, 0.05) is 41.9 Å². The summed E-state index contributed by atoms with van der Waals surface area (Å²) in [5.41, 5.74) is 0. The van der Waals surface area contributed by atoms with Crippen LogP contribution < -0.4 is 5.32 Å². The first-order valence-electron chi connectivity index (χ1n) is 6.44. The first-order chi connectivity index (χ1) is 8.29. The summed E-state index contributed by atoms with van der Waals surface area (Å²) in [6.07, 6.45) is 2.16. The molecule has 0 aromatic heterocycles. The van der Waals surface area contributed by atoms with E-state index < -0.39 is 0 Å². The third-order valence-corrected chi connectivity index (χ3v) is 5.71. The molecule has 0 bridgehead atoms. The molecule has 0 unspecified atom stereocenters. The van der Waals surface area contributed by atoms with Gasteiger partial charge in [0.05, 0.1) is 0 Å². The number of aliphatic imine (C=N–C) groups is 1.